The van der Waals surface area contributed by atoms with Crippen LogP contribution < -0.4 is 0 Å². The quantitative estimate of drug-likeness (QED) is 0.500. The molecule has 1 aliphatic heterocycles. The third-order valence-corrected chi connectivity index (χ3v) is 11.8. The van der Waals surface area contributed by atoms with Gasteiger partial charge in [-0.1, -0.05) is 46.8 Å². The molecule has 4 rings (SSSR count). The molecule has 3 heteroatoms. The van der Waals surface area contributed by atoms with E-state index in [2.05, 4.69) is 70.8 Å². The lowest BCUT2D eigenvalue weighted by Crippen LogP contribution is -2.41. The van der Waals surface area contributed by atoms with E-state index in [0.29, 0.717) is 12.0 Å². The normalized spacial score (nSPS) is 22.4. The predicted molar refractivity (Wildman–Crippen MR) is 122 cm³/mol. The van der Waals surface area contributed by atoms with Gasteiger partial charge in [-0.3, -0.25) is 0 Å². The molecule has 0 bridgehead atoms. The molecule has 0 saturated heterocycles. The second kappa shape index (κ2) is 7.02. The fourth-order valence-corrected chi connectivity index (χ4v) is 5.94. The Labute approximate surface area is 173 Å². The topological polar surface area (TPSA) is 12.5 Å². The number of benzene rings is 1. The summed E-state index contributed by atoms with van der Waals surface area (Å²) < 4.78 is 6.85. The van der Waals surface area contributed by atoms with Crippen molar-refractivity contribution < 1.29 is 4.43 Å². The maximum atomic E-state index is 6.85. The van der Waals surface area contributed by atoms with Crippen LogP contribution in [0.15, 0.2) is 17.8 Å². The minimum Gasteiger partial charge on any atom is -0.410 e. The van der Waals surface area contributed by atoms with Gasteiger partial charge in [-0.05, 0) is 84.0 Å². The molecule has 0 N–H and O–H groups in total. The number of nitrogens with zero attached hydrogens (tertiary/aromatic N) is 1. The van der Waals surface area contributed by atoms with Crippen molar-refractivity contribution in [2.24, 2.45) is 11.8 Å². The van der Waals surface area contributed by atoms with E-state index in [1.807, 2.05) is 0 Å². The van der Waals surface area contributed by atoms with E-state index < -0.39 is 8.32 Å². The van der Waals surface area contributed by atoms with Gasteiger partial charge in [0.05, 0.1) is 6.10 Å². The zero-order chi connectivity index (χ0) is 20.3. The first kappa shape index (κ1) is 20.2. The Kier molecular flexibility index (Phi) is 5.07. The molecule has 1 fully saturated rings. The van der Waals surface area contributed by atoms with Crippen LogP contribution in [0, 0.1) is 11.8 Å². The Bertz CT molecular complexity index is 782. The van der Waals surface area contributed by atoms with Crippen LogP contribution in [-0.4, -0.2) is 19.8 Å². The summed E-state index contributed by atoms with van der Waals surface area (Å²) in [4.78, 5) is 2.69. The molecule has 1 saturated carbocycles. The summed E-state index contributed by atoms with van der Waals surface area (Å²) in [7, 11) is -1.75. The third-order valence-electron chi connectivity index (χ3n) is 7.35. The zero-order valence-corrected chi connectivity index (χ0v) is 20.1. The smallest absolute Gasteiger partial charge is 0.192 e. The Morgan fingerprint density at radius 1 is 1.11 bits per heavy atom. The average Bonchev–Trinajstić information content (AvgIpc) is 3.34. The van der Waals surface area contributed by atoms with E-state index in [1.54, 1.807) is 16.8 Å². The summed E-state index contributed by atoms with van der Waals surface area (Å²) in [6, 6.07) is 4.77. The zero-order valence-electron chi connectivity index (χ0n) is 19.1. The molecule has 1 aromatic carbocycles. The van der Waals surface area contributed by atoms with Crippen molar-refractivity contribution in [1.82, 2.24) is 4.90 Å². The van der Waals surface area contributed by atoms with E-state index in [4.69, 9.17) is 4.43 Å². The first-order chi connectivity index (χ1) is 13.1. The molecule has 1 atom stereocenters. The maximum absolute atomic E-state index is 6.85. The van der Waals surface area contributed by atoms with Gasteiger partial charge in [0, 0.05) is 18.8 Å². The molecular formula is C25H39NOSi. The van der Waals surface area contributed by atoms with Crippen LogP contribution in [0.2, 0.25) is 18.1 Å². The minimum absolute atomic E-state index is 0.264. The highest BCUT2D eigenvalue weighted by molar-refractivity contribution is 6.74. The molecule has 28 heavy (non-hydrogen) atoms. The summed E-state index contributed by atoms with van der Waals surface area (Å²) in [5.41, 5.74) is 7.75. The van der Waals surface area contributed by atoms with Gasteiger partial charge in [-0.15, -0.1) is 0 Å². The van der Waals surface area contributed by atoms with Gasteiger partial charge in [-0.2, -0.15) is 0 Å². The average molecular weight is 398 g/mol. The lowest BCUT2D eigenvalue weighted by atomic mass is 9.92. The monoisotopic (exact) mass is 397 g/mol. The lowest BCUT2D eigenvalue weighted by molar-refractivity contribution is 0.185. The highest BCUT2D eigenvalue weighted by Crippen LogP contribution is 2.47. The van der Waals surface area contributed by atoms with Crippen LogP contribution in [0.4, 0.5) is 0 Å². The van der Waals surface area contributed by atoms with Crippen LogP contribution in [0.1, 0.15) is 82.2 Å². The van der Waals surface area contributed by atoms with Crippen molar-refractivity contribution in [2.45, 2.75) is 91.1 Å². The highest BCUT2D eigenvalue weighted by Gasteiger charge is 2.41. The van der Waals surface area contributed by atoms with E-state index in [1.165, 1.54) is 36.9 Å². The first-order valence-corrected chi connectivity index (χ1v) is 14.3. The van der Waals surface area contributed by atoms with Gasteiger partial charge < -0.3 is 9.33 Å². The van der Waals surface area contributed by atoms with E-state index in [0.717, 1.165) is 18.9 Å². The van der Waals surface area contributed by atoms with Crippen molar-refractivity contribution in [3.8, 4) is 0 Å². The highest BCUT2D eigenvalue weighted by atomic mass is 28.4. The second-order valence-corrected chi connectivity index (χ2v) is 16.0. The number of allylic oxidation sites excluding steroid dienone is 1. The standard InChI is InChI=1S/C25H39NOSi/c1-17(2)15-26-16-22-19(14-23(26)18-8-9-18)10-11-21-20(22)12-13-24(21)27-28(6,7)25(3,4)5/h10-11,14,17-18,24H,8-9,12-13,15-16H2,1-7H3. The minimum atomic E-state index is -1.75. The number of rotatable bonds is 5. The lowest BCUT2D eigenvalue weighted by Gasteiger charge is -2.39. The Morgan fingerprint density at radius 2 is 1.82 bits per heavy atom. The largest absolute Gasteiger partial charge is 0.410 e. The van der Waals surface area contributed by atoms with Gasteiger partial charge >= 0.3 is 0 Å². The van der Waals surface area contributed by atoms with Gasteiger partial charge in [0.25, 0.3) is 0 Å². The number of fused-ring (bicyclic) bond motifs is 3. The van der Waals surface area contributed by atoms with E-state index >= 15 is 0 Å². The van der Waals surface area contributed by atoms with Crippen LogP contribution >= 0.6 is 0 Å². The molecule has 2 aliphatic carbocycles. The van der Waals surface area contributed by atoms with E-state index in [9.17, 15) is 0 Å². The van der Waals surface area contributed by atoms with Gasteiger partial charge in [0.1, 0.15) is 0 Å². The van der Waals surface area contributed by atoms with Crippen molar-refractivity contribution in [3.63, 3.8) is 0 Å². The number of hydrogen-bond donors (Lipinski definition) is 0. The summed E-state index contributed by atoms with van der Waals surface area (Å²) >= 11 is 0. The summed E-state index contributed by atoms with van der Waals surface area (Å²) in [5.74, 6) is 1.52. The molecule has 1 heterocycles. The molecule has 0 spiro atoms. The number of hydrogen-bond acceptors (Lipinski definition) is 2. The second-order valence-electron chi connectivity index (χ2n) is 11.2. The van der Waals surface area contributed by atoms with Crippen molar-refractivity contribution in [2.75, 3.05) is 6.54 Å². The molecule has 1 unspecified atom stereocenters. The van der Waals surface area contributed by atoms with E-state index in [-0.39, 0.29) is 5.04 Å². The van der Waals surface area contributed by atoms with Crippen LogP contribution in [0.5, 0.6) is 0 Å². The van der Waals surface area contributed by atoms with Crippen LogP contribution in [-0.2, 0) is 17.4 Å². The molecule has 0 amide bonds. The van der Waals surface area contributed by atoms with Gasteiger partial charge in [0.15, 0.2) is 8.32 Å². The summed E-state index contributed by atoms with van der Waals surface area (Å²) in [5, 5.41) is 0.264. The SMILES string of the molecule is CC(C)CN1Cc2c(ccc3c2CCC3O[Si](C)(C)C(C)(C)C)C=C1C1CC1. The molecule has 154 valence electrons. The Hall–Kier alpha value is -1.06. The van der Waals surface area contributed by atoms with Crippen molar-refractivity contribution in [3.05, 3.63) is 40.1 Å². The molecular weight excluding hydrogens is 358 g/mol. The first-order valence-electron chi connectivity index (χ1n) is 11.4. The van der Waals surface area contributed by atoms with Crippen LogP contribution in [0.3, 0.4) is 0 Å². The molecule has 3 aliphatic rings. The Morgan fingerprint density at radius 3 is 2.43 bits per heavy atom. The summed E-state index contributed by atoms with van der Waals surface area (Å²) in [6.45, 7) is 18.8. The van der Waals surface area contributed by atoms with Crippen LogP contribution in [0.25, 0.3) is 6.08 Å². The van der Waals surface area contributed by atoms with Crippen molar-refractivity contribution >= 4 is 14.4 Å². The third kappa shape index (κ3) is 3.72. The fourth-order valence-electron chi connectivity index (χ4n) is 4.63. The molecule has 1 aromatic rings. The van der Waals surface area contributed by atoms with Gasteiger partial charge in [-0.25, -0.2) is 0 Å². The molecule has 0 radical (unpaired) electrons. The predicted octanol–water partition coefficient (Wildman–Crippen LogP) is 6.92. The fraction of sp³-hybridized carbons (Fsp3) is 0.680. The molecule has 2 nitrogen and oxygen atoms in total. The van der Waals surface area contributed by atoms with Crippen molar-refractivity contribution in [1.29, 1.82) is 0 Å². The maximum Gasteiger partial charge on any atom is 0.192 e. The summed E-state index contributed by atoms with van der Waals surface area (Å²) in [6.07, 6.45) is 7.91. The Balaban J connectivity index is 1.64. The molecule has 0 aromatic heterocycles. The van der Waals surface area contributed by atoms with Gasteiger partial charge in [0.2, 0.25) is 0 Å².